The highest BCUT2D eigenvalue weighted by Crippen LogP contribution is 2.34. The molecule has 3 rings (SSSR count). The predicted octanol–water partition coefficient (Wildman–Crippen LogP) is 4.56. The molecule has 0 aromatic carbocycles. The zero-order valence-electron chi connectivity index (χ0n) is 17.8. The molecule has 0 saturated carbocycles. The van der Waals surface area contributed by atoms with Crippen LogP contribution in [-0.2, 0) is 6.18 Å². The standard InChI is InChI=1S/C21H25F4N3O3/c1-12-9-15(10-18(26-12)21(23,24)25)31-14-5-7-28(8-6-14)13(2)19-16(22)11-17(29-3)20(27-19)30-4/h9-11,13-14H,5-8H2,1-4H3. The Balaban J connectivity index is 1.66. The lowest BCUT2D eigenvalue weighted by atomic mass is 10.0. The van der Waals surface area contributed by atoms with Crippen molar-refractivity contribution in [3.05, 3.63) is 41.1 Å². The first-order valence-corrected chi connectivity index (χ1v) is 9.87. The summed E-state index contributed by atoms with van der Waals surface area (Å²) in [5.74, 6) is 0.0841. The van der Waals surface area contributed by atoms with Crippen LogP contribution in [-0.4, -0.2) is 48.3 Å². The van der Waals surface area contributed by atoms with Crippen molar-refractivity contribution in [2.24, 2.45) is 0 Å². The molecule has 3 heterocycles. The second kappa shape index (κ2) is 9.25. The van der Waals surface area contributed by atoms with Crippen LogP contribution in [0.3, 0.4) is 0 Å². The van der Waals surface area contributed by atoms with Crippen molar-refractivity contribution in [1.82, 2.24) is 14.9 Å². The molecule has 0 spiro atoms. The first-order chi connectivity index (χ1) is 14.6. The molecule has 1 unspecified atom stereocenters. The molecule has 1 aliphatic rings. The van der Waals surface area contributed by atoms with Crippen molar-refractivity contribution < 1.29 is 31.8 Å². The number of likely N-dealkylation sites (tertiary alicyclic amines) is 1. The molecular weight excluding hydrogens is 418 g/mol. The quantitative estimate of drug-likeness (QED) is 0.610. The van der Waals surface area contributed by atoms with Crippen molar-refractivity contribution in [2.45, 2.75) is 45.0 Å². The Morgan fingerprint density at radius 2 is 1.74 bits per heavy atom. The Labute approximate surface area is 178 Å². The van der Waals surface area contributed by atoms with Gasteiger partial charge in [0.1, 0.15) is 23.4 Å². The van der Waals surface area contributed by atoms with Crippen LogP contribution in [0, 0.1) is 12.7 Å². The number of methoxy groups -OCH3 is 2. The molecular formula is C21H25F4N3O3. The van der Waals surface area contributed by atoms with Crippen LogP contribution in [0.2, 0.25) is 0 Å². The fourth-order valence-corrected chi connectivity index (χ4v) is 3.65. The maximum absolute atomic E-state index is 14.5. The number of alkyl halides is 3. The molecule has 10 heteroatoms. The summed E-state index contributed by atoms with van der Waals surface area (Å²) in [7, 11) is 2.85. The van der Waals surface area contributed by atoms with E-state index >= 15 is 0 Å². The van der Waals surface area contributed by atoms with Gasteiger partial charge in [-0.2, -0.15) is 13.2 Å². The van der Waals surface area contributed by atoms with Gasteiger partial charge in [0.15, 0.2) is 5.75 Å². The highest BCUT2D eigenvalue weighted by Gasteiger charge is 2.34. The van der Waals surface area contributed by atoms with Gasteiger partial charge in [0.2, 0.25) is 0 Å². The van der Waals surface area contributed by atoms with Gasteiger partial charge < -0.3 is 14.2 Å². The van der Waals surface area contributed by atoms with Gasteiger partial charge in [-0.1, -0.05) is 0 Å². The zero-order valence-corrected chi connectivity index (χ0v) is 17.8. The lowest BCUT2D eigenvalue weighted by Gasteiger charge is -2.36. The summed E-state index contributed by atoms with van der Waals surface area (Å²) in [5.41, 5.74) is -0.481. The van der Waals surface area contributed by atoms with Gasteiger partial charge in [0.25, 0.3) is 5.88 Å². The van der Waals surface area contributed by atoms with Crippen LogP contribution in [0.15, 0.2) is 18.2 Å². The average molecular weight is 443 g/mol. The predicted molar refractivity (Wildman–Crippen MR) is 105 cm³/mol. The third kappa shape index (κ3) is 5.36. The van der Waals surface area contributed by atoms with Crippen molar-refractivity contribution in [3.8, 4) is 17.4 Å². The smallest absolute Gasteiger partial charge is 0.433 e. The second-order valence-corrected chi connectivity index (χ2v) is 7.42. The monoisotopic (exact) mass is 443 g/mol. The molecule has 0 N–H and O–H groups in total. The number of aryl methyl sites for hydroxylation is 1. The molecule has 31 heavy (non-hydrogen) atoms. The largest absolute Gasteiger partial charge is 0.491 e. The number of nitrogens with zero attached hydrogens (tertiary/aromatic N) is 3. The molecule has 0 aliphatic carbocycles. The summed E-state index contributed by atoms with van der Waals surface area (Å²) in [5, 5.41) is 0. The molecule has 1 fully saturated rings. The molecule has 0 radical (unpaired) electrons. The fraction of sp³-hybridized carbons (Fsp3) is 0.524. The molecule has 0 bridgehead atoms. The number of halogens is 4. The molecule has 2 aromatic rings. The van der Waals surface area contributed by atoms with Crippen molar-refractivity contribution in [3.63, 3.8) is 0 Å². The van der Waals surface area contributed by atoms with Gasteiger partial charge in [-0.15, -0.1) is 0 Å². The van der Waals surface area contributed by atoms with Crippen molar-refractivity contribution in [2.75, 3.05) is 27.3 Å². The topological polar surface area (TPSA) is 56.7 Å². The molecule has 170 valence electrons. The Hall–Kier alpha value is -2.62. The fourth-order valence-electron chi connectivity index (χ4n) is 3.65. The van der Waals surface area contributed by atoms with Crippen LogP contribution in [0.5, 0.6) is 17.4 Å². The maximum Gasteiger partial charge on any atom is 0.433 e. The van der Waals surface area contributed by atoms with Gasteiger partial charge >= 0.3 is 6.18 Å². The van der Waals surface area contributed by atoms with E-state index in [4.69, 9.17) is 14.2 Å². The van der Waals surface area contributed by atoms with Crippen LogP contribution >= 0.6 is 0 Å². The molecule has 6 nitrogen and oxygen atoms in total. The number of hydrogen-bond donors (Lipinski definition) is 0. The average Bonchev–Trinajstić information content (AvgIpc) is 2.72. The van der Waals surface area contributed by atoms with E-state index < -0.39 is 17.7 Å². The Kier molecular flexibility index (Phi) is 6.88. The highest BCUT2D eigenvalue weighted by atomic mass is 19.4. The summed E-state index contributed by atoms with van der Waals surface area (Å²) in [4.78, 5) is 9.84. The van der Waals surface area contributed by atoms with Gasteiger partial charge in [-0.25, -0.2) is 14.4 Å². The molecule has 0 amide bonds. The van der Waals surface area contributed by atoms with E-state index in [1.807, 2.05) is 6.92 Å². The summed E-state index contributed by atoms with van der Waals surface area (Å²) in [6.45, 7) is 4.51. The minimum Gasteiger partial charge on any atom is -0.491 e. The first kappa shape index (κ1) is 23.1. The van der Waals surface area contributed by atoms with Crippen LogP contribution in [0.25, 0.3) is 0 Å². The minimum atomic E-state index is -4.53. The molecule has 1 atom stereocenters. The SMILES string of the molecule is COc1cc(F)c(C(C)N2CCC(Oc3cc(C)nc(C(F)(F)F)c3)CC2)nc1OC. The number of rotatable bonds is 6. The number of ether oxygens (including phenoxy) is 3. The summed E-state index contributed by atoms with van der Waals surface area (Å²) < 4.78 is 69.5. The van der Waals surface area contributed by atoms with Gasteiger partial charge in [0.05, 0.1) is 26.0 Å². The van der Waals surface area contributed by atoms with E-state index in [0.717, 1.165) is 6.07 Å². The van der Waals surface area contributed by atoms with Gasteiger partial charge in [-0.05, 0) is 26.7 Å². The highest BCUT2D eigenvalue weighted by molar-refractivity contribution is 5.36. The Morgan fingerprint density at radius 1 is 1.06 bits per heavy atom. The normalized spacial score (nSPS) is 16.8. The third-order valence-electron chi connectivity index (χ3n) is 5.29. The van der Waals surface area contributed by atoms with Crippen LogP contribution < -0.4 is 14.2 Å². The van der Waals surface area contributed by atoms with E-state index in [0.29, 0.717) is 25.9 Å². The van der Waals surface area contributed by atoms with Crippen molar-refractivity contribution in [1.29, 1.82) is 0 Å². The molecule has 2 aromatic heterocycles. The van der Waals surface area contributed by atoms with E-state index in [1.54, 1.807) is 0 Å². The zero-order chi connectivity index (χ0) is 22.8. The van der Waals surface area contributed by atoms with Crippen LogP contribution in [0.4, 0.5) is 17.6 Å². The summed E-state index contributed by atoms with van der Waals surface area (Å²) >= 11 is 0. The number of pyridine rings is 2. The summed E-state index contributed by atoms with van der Waals surface area (Å²) in [6, 6.07) is 3.34. The Bertz CT molecular complexity index is 915. The lowest BCUT2D eigenvalue weighted by Crippen LogP contribution is -2.40. The van der Waals surface area contributed by atoms with E-state index in [1.165, 1.54) is 33.3 Å². The Morgan fingerprint density at radius 3 is 2.32 bits per heavy atom. The summed E-state index contributed by atoms with van der Waals surface area (Å²) in [6.07, 6.45) is -3.60. The van der Waals surface area contributed by atoms with E-state index in [-0.39, 0.29) is 40.9 Å². The van der Waals surface area contributed by atoms with Gasteiger partial charge in [-0.3, -0.25) is 4.90 Å². The number of aromatic nitrogens is 2. The lowest BCUT2D eigenvalue weighted by molar-refractivity contribution is -0.141. The maximum atomic E-state index is 14.5. The number of hydrogen-bond acceptors (Lipinski definition) is 6. The van der Waals surface area contributed by atoms with E-state index in [9.17, 15) is 17.6 Å². The van der Waals surface area contributed by atoms with Crippen molar-refractivity contribution >= 4 is 0 Å². The van der Waals surface area contributed by atoms with E-state index in [2.05, 4.69) is 14.9 Å². The van der Waals surface area contributed by atoms with Gasteiger partial charge in [0, 0.05) is 37.0 Å². The second-order valence-electron chi connectivity index (χ2n) is 7.42. The molecule has 1 aliphatic heterocycles. The first-order valence-electron chi connectivity index (χ1n) is 9.87. The molecule has 1 saturated heterocycles. The third-order valence-corrected chi connectivity index (χ3v) is 5.29. The number of piperidine rings is 1. The van der Waals surface area contributed by atoms with Crippen LogP contribution in [0.1, 0.15) is 42.9 Å². The minimum absolute atomic E-state index is 0.152.